The maximum absolute atomic E-state index is 11.7. The lowest BCUT2D eigenvalue weighted by molar-refractivity contribution is 0.0996. The highest BCUT2D eigenvalue weighted by molar-refractivity contribution is 6.10. The number of nitriles is 2. The first kappa shape index (κ1) is 13.7. The molecule has 0 aromatic carbocycles. The van der Waals surface area contributed by atoms with Crippen LogP contribution in [-0.4, -0.2) is 21.6 Å². The highest BCUT2D eigenvalue weighted by atomic mass is 16.3. The molecule has 0 fully saturated rings. The zero-order valence-corrected chi connectivity index (χ0v) is 10.4. The van der Waals surface area contributed by atoms with Gasteiger partial charge in [0.15, 0.2) is 6.39 Å². The van der Waals surface area contributed by atoms with Crippen LogP contribution in [0.2, 0.25) is 0 Å². The molecule has 0 unspecified atom stereocenters. The van der Waals surface area contributed by atoms with E-state index in [0.717, 1.165) is 6.39 Å². The van der Waals surface area contributed by atoms with E-state index in [2.05, 4.69) is 25.8 Å². The summed E-state index contributed by atoms with van der Waals surface area (Å²) in [6.45, 7) is 0. The Balaban J connectivity index is 2.00. The fourth-order valence-corrected chi connectivity index (χ4v) is 1.24. The van der Waals surface area contributed by atoms with Crippen molar-refractivity contribution in [3.05, 3.63) is 36.7 Å². The summed E-state index contributed by atoms with van der Waals surface area (Å²) in [6.07, 6.45) is 3.81. The maximum atomic E-state index is 11.7. The van der Waals surface area contributed by atoms with Gasteiger partial charge in [-0.3, -0.25) is 10.2 Å². The molecular formula is C12H7N7O2. The van der Waals surface area contributed by atoms with Crippen LogP contribution in [0.1, 0.15) is 10.6 Å². The Bertz CT molecular complexity index is 719. The predicted octanol–water partition coefficient (Wildman–Crippen LogP) is 1.14. The minimum Gasteiger partial charge on any atom is -0.438 e. The Morgan fingerprint density at radius 2 is 2.10 bits per heavy atom. The van der Waals surface area contributed by atoms with Crippen molar-refractivity contribution in [3.8, 4) is 12.1 Å². The van der Waals surface area contributed by atoms with Crippen molar-refractivity contribution < 1.29 is 9.21 Å². The van der Waals surface area contributed by atoms with Crippen LogP contribution in [0.5, 0.6) is 0 Å². The molecule has 0 radical (unpaired) electrons. The van der Waals surface area contributed by atoms with Gasteiger partial charge < -0.3 is 9.73 Å². The van der Waals surface area contributed by atoms with Crippen LogP contribution in [0.4, 0.5) is 11.5 Å². The average molecular weight is 281 g/mol. The molecule has 0 aliphatic rings. The summed E-state index contributed by atoms with van der Waals surface area (Å²) in [4.78, 5) is 19.3. The molecule has 2 rings (SSSR count). The van der Waals surface area contributed by atoms with Gasteiger partial charge in [-0.15, -0.1) is 0 Å². The number of aromatic nitrogens is 2. The zero-order chi connectivity index (χ0) is 15.1. The van der Waals surface area contributed by atoms with E-state index in [1.165, 1.54) is 18.5 Å². The molecule has 0 saturated carbocycles. The molecule has 0 aliphatic carbocycles. The predicted molar refractivity (Wildman–Crippen MR) is 71.0 cm³/mol. The van der Waals surface area contributed by atoms with Gasteiger partial charge in [-0.05, 0) is 12.1 Å². The van der Waals surface area contributed by atoms with E-state index in [9.17, 15) is 4.79 Å². The number of nitrogens with zero attached hydrogens (tertiary/aromatic N) is 5. The third-order valence-electron chi connectivity index (χ3n) is 2.17. The molecule has 1 amide bonds. The van der Waals surface area contributed by atoms with E-state index in [1.54, 1.807) is 18.2 Å². The molecule has 21 heavy (non-hydrogen) atoms. The summed E-state index contributed by atoms with van der Waals surface area (Å²) in [7, 11) is 0. The molecule has 2 aromatic heterocycles. The van der Waals surface area contributed by atoms with Crippen LogP contribution in [0, 0.1) is 22.7 Å². The van der Waals surface area contributed by atoms with Gasteiger partial charge in [-0.1, -0.05) is 0 Å². The van der Waals surface area contributed by atoms with Gasteiger partial charge in [0, 0.05) is 0 Å². The topological polar surface area (TPSA) is 140 Å². The number of oxazole rings is 1. The smallest absolute Gasteiger partial charge is 0.294 e. The summed E-state index contributed by atoms with van der Waals surface area (Å²) in [5, 5.41) is 23.1. The average Bonchev–Trinajstić information content (AvgIpc) is 3.04. The van der Waals surface area contributed by atoms with Crippen molar-refractivity contribution in [2.45, 2.75) is 0 Å². The van der Waals surface area contributed by atoms with Crippen molar-refractivity contribution in [2.24, 2.45) is 5.10 Å². The number of hydrogen-bond donors (Lipinski definition) is 2. The fourth-order valence-electron chi connectivity index (χ4n) is 1.24. The van der Waals surface area contributed by atoms with Gasteiger partial charge in [-0.2, -0.15) is 15.6 Å². The lowest BCUT2D eigenvalue weighted by Gasteiger charge is -2.03. The van der Waals surface area contributed by atoms with Crippen molar-refractivity contribution in [2.75, 3.05) is 10.7 Å². The number of hydrazone groups is 1. The van der Waals surface area contributed by atoms with E-state index >= 15 is 0 Å². The molecule has 0 atom stereocenters. The molecule has 2 aromatic rings. The summed E-state index contributed by atoms with van der Waals surface area (Å²) in [5.41, 5.74) is 2.64. The molecule has 0 spiro atoms. The van der Waals surface area contributed by atoms with Crippen molar-refractivity contribution >= 4 is 23.1 Å². The van der Waals surface area contributed by atoms with E-state index in [0.29, 0.717) is 11.5 Å². The van der Waals surface area contributed by atoms with Crippen LogP contribution in [0.15, 0.2) is 40.4 Å². The number of carbonyl (C=O) groups excluding carboxylic acids is 1. The lowest BCUT2D eigenvalue weighted by atomic mass is 10.4. The summed E-state index contributed by atoms with van der Waals surface area (Å²) >= 11 is 0. The van der Waals surface area contributed by atoms with E-state index in [4.69, 9.17) is 14.9 Å². The molecular weight excluding hydrogens is 274 g/mol. The van der Waals surface area contributed by atoms with Crippen molar-refractivity contribution in [1.82, 2.24) is 9.97 Å². The molecule has 0 aliphatic heterocycles. The van der Waals surface area contributed by atoms with E-state index in [-0.39, 0.29) is 11.5 Å². The third kappa shape index (κ3) is 3.62. The number of pyridine rings is 1. The Hall–Kier alpha value is -3.72. The molecule has 9 nitrogen and oxygen atoms in total. The summed E-state index contributed by atoms with van der Waals surface area (Å²) in [6, 6.07) is 6.30. The number of nitrogens with one attached hydrogen (secondary N) is 2. The molecule has 2 N–H and O–H groups in total. The van der Waals surface area contributed by atoms with E-state index < -0.39 is 5.91 Å². The van der Waals surface area contributed by atoms with Crippen LogP contribution in [0.3, 0.4) is 0 Å². The first-order valence-electron chi connectivity index (χ1n) is 5.52. The second-order valence-corrected chi connectivity index (χ2v) is 3.55. The highest BCUT2D eigenvalue weighted by Crippen LogP contribution is 2.11. The number of amides is 1. The van der Waals surface area contributed by atoms with Crippen molar-refractivity contribution in [1.29, 1.82) is 10.5 Å². The number of hydrogen-bond acceptors (Lipinski definition) is 8. The lowest BCUT2D eigenvalue weighted by Crippen LogP contribution is -2.12. The molecule has 9 heteroatoms. The van der Waals surface area contributed by atoms with Crippen LogP contribution in [-0.2, 0) is 0 Å². The summed E-state index contributed by atoms with van der Waals surface area (Å²) < 4.78 is 4.84. The summed E-state index contributed by atoms with van der Waals surface area (Å²) in [5.74, 6) is -0.113. The second kappa shape index (κ2) is 6.45. The Kier molecular flexibility index (Phi) is 4.21. The van der Waals surface area contributed by atoms with Gasteiger partial charge >= 0.3 is 0 Å². The minimum absolute atomic E-state index is 0.0660. The Morgan fingerprint density at radius 3 is 2.67 bits per heavy atom. The van der Waals surface area contributed by atoms with E-state index in [1.807, 2.05) is 0 Å². The second-order valence-electron chi connectivity index (χ2n) is 3.55. The monoisotopic (exact) mass is 281 g/mol. The van der Waals surface area contributed by atoms with Crippen LogP contribution in [0.25, 0.3) is 0 Å². The largest absolute Gasteiger partial charge is 0.438 e. The van der Waals surface area contributed by atoms with Gasteiger partial charge in [0.05, 0.1) is 18.1 Å². The molecule has 0 saturated heterocycles. The standard InChI is InChI=1S/C12H7N7O2/c13-3-9(4-14)19-18-8-1-2-11(16-5-8)17-12(20)10-6-15-7-21-10/h1-2,5-7,18H,(H,16,17,20). The first-order chi connectivity index (χ1) is 10.2. The first-order valence-corrected chi connectivity index (χ1v) is 5.52. The van der Waals surface area contributed by atoms with Crippen molar-refractivity contribution in [3.63, 3.8) is 0 Å². The minimum atomic E-state index is -0.477. The zero-order valence-electron chi connectivity index (χ0n) is 10.4. The SMILES string of the molecule is N#CC(C#N)=NNc1ccc(NC(=O)c2cnco2)nc1. The number of rotatable bonds is 4. The third-order valence-corrected chi connectivity index (χ3v) is 2.17. The molecule has 102 valence electrons. The van der Waals surface area contributed by atoms with Gasteiger partial charge in [0.25, 0.3) is 5.91 Å². The maximum Gasteiger partial charge on any atom is 0.294 e. The van der Waals surface area contributed by atoms with Crippen LogP contribution >= 0.6 is 0 Å². The van der Waals surface area contributed by atoms with Crippen LogP contribution < -0.4 is 10.7 Å². The van der Waals surface area contributed by atoms with Gasteiger partial charge in [0.2, 0.25) is 11.5 Å². The molecule has 2 heterocycles. The molecule has 0 bridgehead atoms. The number of anilines is 2. The fraction of sp³-hybridized carbons (Fsp3) is 0. The highest BCUT2D eigenvalue weighted by Gasteiger charge is 2.09. The normalized spacial score (nSPS) is 9.05. The quantitative estimate of drug-likeness (QED) is 0.632. The van der Waals surface area contributed by atoms with Gasteiger partial charge in [-0.25, -0.2) is 9.97 Å². The van der Waals surface area contributed by atoms with Gasteiger partial charge in [0.1, 0.15) is 18.0 Å². The number of carbonyl (C=O) groups is 1. The Morgan fingerprint density at radius 1 is 1.29 bits per heavy atom. The Labute approximate surface area is 118 Å².